The van der Waals surface area contributed by atoms with Gasteiger partial charge in [0, 0.05) is 29.7 Å². The van der Waals surface area contributed by atoms with E-state index in [1.165, 1.54) is 25.7 Å². The topological polar surface area (TPSA) is 38.0 Å². The predicted octanol–water partition coefficient (Wildman–Crippen LogP) is 2.79. The Bertz CT molecular complexity index is 372. The Morgan fingerprint density at radius 1 is 1.50 bits per heavy atom. The molecular formula is C14H24N2OS. The third-order valence-corrected chi connectivity index (χ3v) is 5.08. The van der Waals surface area contributed by atoms with Crippen LogP contribution in [0.3, 0.4) is 0 Å². The van der Waals surface area contributed by atoms with E-state index in [1.54, 1.807) is 0 Å². The minimum atomic E-state index is -0.239. The average molecular weight is 268 g/mol. The van der Waals surface area contributed by atoms with Gasteiger partial charge in [0.15, 0.2) is 0 Å². The first kappa shape index (κ1) is 13.9. The van der Waals surface area contributed by atoms with Crippen LogP contribution in [0.5, 0.6) is 0 Å². The average Bonchev–Trinajstić information content (AvgIpc) is 2.96. The Balaban J connectivity index is 1.80. The number of rotatable bonds is 6. The third kappa shape index (κ3) is 3.75. The summed E-state index contributed by atoms with van der Waals surface area (Å²) in [4.78, 5) is 0. The van der Waals surface area contributed by atoms with Crippen LogP contribution < -0.4 is 0 Å². The molecule has 0 aromatic carbocycles. The molecule has 1 N–H and O–H groups in total. The van der Waals surface area contributed by atoms with Crippen molar-refractivity contribution in [3.63, 3.8) is 0 Å². The van der Waals surface area contributed by atoms with Gasteiger partial charge in [0.25, 0.3) is 0 Å². The van der Waals surface area contributed by atoms with E-state index < -0.39 is 0 Å². The number of aliphatic hydroxyl groups is 1. The van der Waals surface area contributed by atoms with Crippen molar-refractivity contribution < 1.29 is 5.11 Å². The minimum Gasteiger partial charge on any atom is -0.392 e. The van der Waals surface area contributed by atoms with Crippen molar-refractivity contribution >= 4 is 11.8 Å². The maximum atomic E-state index is 10.1. The van der Waals surface area contributed by atoms with E-state index in [0.717, 1.165) is 35.4 Å². The normalized spacial score (nSPS) is 18.4. The van der Waals surface area contributed by atoms with Crippen LogP contribution in [-0.2, 0) is 13.0 Å². The molecule has 3 nitrogen and oxygen atoms in total. The lowest BCUT2D eigenvalue weighted by Crippen LogP contribution is -2.18. The predicted molar refractivity (Wildman–Crippen MR) is 77.1 cm³/mol. The lowest BCUT2D eigenvalue weighted by atomic mass is 10.2. The smallest absolute Gasteiger partial charge is 0.0685 e. The zero-order chi connectivity index (χ0) is 13.0. The molecule has 1 aliphatic carbocycles. The van der Waals surface area contributed by atoms with Gasteiger partial charge in [-0.3, -0.25) is 4.68 Å². The Labute approximate surface area is 114 Å². The van der Waals surface area contributed by atoms with E-state index in [0.29, 0.717) is 0 Å². The lowest BCUT2D eigenvalue weighted by Gasteiger charge is -2.14. The summed E-state index contributed by atoms with van der Waals surface area (Å²) < 4.78 is 2.00. The van der Waals surface area contributed by atoms with E-state index >= 15 is 0 Å². The Hall–Kier alpha value is -0.480. The molecule has 0 aliphatic heterocycles. The molecule has 1 aromatic rings. The van der Waals surface area contributed by atoms with Crippen LogP contribution in [0.25, 0.3) is 0 Å². The summed E-state index contributed by atoms with van der Waals surface area (Å²) in [7, 11) is 0. The quantitative estimate of drug-likeness (QED) is 0.862. The summed E-state index contributed by atoms with van der Waals surface area (Å²) in [5.41, 5.74) is 2.21. The second kappa shape index (κ2) is 6.62. The maximum absolute atomic E-state index is 10.1. The second-order valence-corrected chi connectivity index (χ2v) is 6.52. The van der Waals surface area contributed by atoms with Crippen molar-refractivity contribution in [3.8, 4) is 0 Å². The fraction of sp³-hybridized carbons (Fsp3) is 0.786. The molecule has 4 heteroatoms. The number of aliphatic hydroxyl groups excluding tert-OH is 1. The van der Waals surface area contributed by atoms with Crippen LogP contribution in [-0.4, -0.2) is 32.0 Å². The van der Waals surface area contributed by atoms with Crippen LogP contribution in [0.4, 0.5) is 0 Å². The minimum absolute atomic E-state index is 0.239. The zero-order valence-corrected chi connectivity index (χ0v) is 12.2. The number of hydrogen-bond acceptors (Lipinski definition) is 3. The van der Waals surface area contributed by atoms with Gasteiger partial charge in [0.2, 0.25) is 0 Å². The molecule has 0 radical (unpaired) electrons. The SMILES string of the molecule is CCn1nc(C)cc1CC(O)CSC1CCCC1. The van der Waals surface area contributed by atoms with Crippen molar-refractivity contribution in [2.24, 2.45) is 0 Å². The van der Waals surface area contributed by atoms with Crippen molar-refractivity contribution in [3.05, 3.63) is 17.5 Å². The molecule has 0 spiro atoms. The molecule has 1 fully saturated rings. The highest BCUT2D eigenvalue weighted by molar-refractivity contribution is 7.99. The van der Waals surface area contributed by atoms with E-state index in [9.17, 15) is 5.11 Å². The summed E-state index contributed by atoms with van der Waals surface area (Å²) in [6.07, 6.45) is 5.91. The van der Waals surface area contributed by atoms with E-state index in [1.807, 2.05) is 23.4 Å². The summed E-state index contributed by atoms with van der Waals surface area (Å²) in [5.74, 6) is 0.860. The molecule has 0 amide bonds. The molecule has 0 bridgehead atoms. The van der Waals surface area contributed by atoms with Gasteiger partial charge in [-0.15, -0.1) is 0 Å². The molecule has 0 saturated heterocycles. The standard InChI is InChI=1S/C14H24N2OS/c1-3-16-12(8-11(2)15-16)9-13(17)10-18-14-6-4-5-7-14/h8,13-14,17H,3-7,9-10H2,1-2H3. The lowest BCUT2D eigenvalue weighted by molar-refractivity contribution is 0.197. The zero-order valence-electron chi connectivity index (χ0n) is 11.4. The summed E-state index contributed by atoms with van der Waals surface area (Å²) in [6, 6.07) is 2.09. The van der Waals surface area contributed by atoms with Gasteiger partial charge < -0.3 is 5.11 Å². The first-order chi connectivity index (χ1) is 8.69. The highest BCUT2D eigenvalue weighted by Gasteiger charge is 2.18. The van der Waals surface area contributed by atoms with Gasteiger partial charge in [0.05, 0.1) is 11.8 Å². The van der Waals surface area contributed by atoms with Gasteiger partial charge in [-0.05, 0) is 32.8 Å². The van der Waals surface area contributed by atoms with E-state index in [-0.39, 0.29) is 6.10 Å². The monoisotopic (exact) mass is 268 g/mol. The first-order valence-electron chi connectivity index (χ1n) is 7.02. The number of aryl methyl sites for hydroxylation is 2. The van der Waals surface area contributed by atoms with E-state index in [4.69, 9.17) is 0 Å². The van der Waals surface area contributed by atoms with Crippen LogP contribution in [0.2, 0.25) is 0 Å². The molecule has 18 heavy (non-hydrogen) atoms. The van der Waals surface area contributed by atoms with E-state index in [2.05, 4.69) is 18.1 Å². The van der Waals surface area contributed by atoms with Crippen LogP contribution >= 0.6 is 11.8 Å². The Morgan fingerprint density at radius 2 is 2.22 bits per heavy atom. The third-order valence-electron chi connectivity index (χ3n) is 3.56. The molecule has 1 heterocycles. The molecule has 1 aliphatic rings. The molecular weight excluding hydrogens is 244 g/mol. The van der Waals surface area contributed by atoms with Crippen LogP contribution in [0, 0.1) is 6.92 Å². The maximum Gasteiger partial charge on any atom is 0.0685 e. The summed E-state index contributed by atoms with van der Waals surface area (Å²) in [6.45, 7) is 4.98. The fourth-order valence-electron chi connectivity index (χ4n) is 2.64. The van der Waals surface area contributed by atoms with Crippen molar-refractivity contribution in [1.29, 1.82) is 0 Å². The van der Waals surface area contributed by atoms with Gasteiger partial charge in [0.1, 0.15) is 0 Å². The molecule has 1 atom stereocenters. The highest BCUT2D eigenvalue weighted by atomic mass is 32.2. The molecule has 1 saturated carbocycles. The van der Waals surface area contributed by atoms with Crippen LogP contribution in [0.1, 0.15) is 44.0 Å². The van der Waals surface area contributed by atoms with Crippen molar-refractivity contribution in [1.82, 2.24) is 9.78 Å². The van der Waals surface area contributed by atoms with Gasteiger partial charge in [-0.2, -0.15) is 16.9 Å². The molecule has 2 rings (SSSR count). The van der Waals surface area contributed by atoms with Gasteiger partial charge >= 0.3 is 0 Å². The summed E-state index contributed by atoms with van der Waals surface area (Å²) in [5, 5.41) is 15.3. The number of nitrogens with zero attached hydrogens (tertiary/aromatic N) is 2. The second-order valence-electron chi connectivity index (χ2n) is 5.19. The van der Waals surface area contributed by atoms with Gasteiger partial charge in [-0.25, -0.2) is 0 Å². The van der Waals surface area contributed by atoms with Crippen molar-refractivity contribution in [2.45, 2.75) is 63.9 Å². The molecule has 1 unspecified atom stereocenters. The number of aromatic nitrogens is 2. The number of thioether (sulfide) groups is 1. The Kier molecular flexibility index (Phi) is 5.13. The fourth-order valence-corrected chi connectivity index (χ4v) is 3.92. The highest BCUT2D eigenvalue weighted by Crippen LogP contribution is 2.30. The largest absolute Gasteiger partial charge is 0.392 e. The van der Waals surface area contributed by atoms with Gasteiger partial charge in [-0.1, -0.05) is 12.8 Å². The molecule has 1 aromatic heterocycles. The molecule has 102 valence electrons. The number of hydrogen-bond donors (Lipinski definition) is 1. The van der Waals surface area contributed by atoms with Crippen molar-refractivity contribution in [2.75, 3.05) is 5.75 Å². The van der Waals surface area contributed by atoms with Crippen LogP contribution in [0.15, 0.2) is 6.07 Å². The summed E-state index contributed by atoms with van der Waals surface area (Å²) >= 11 is 1.95. The Morgan fingerprint density at radius 3 is 2.89 bits per heavy atom. The first-order valence-corrected chi connectivity index (χ1v) is 8.07.